The Morgan fingerprint density at radius 1 is 0.528 bits per heavy atom. The third kappa shape index (κ3) is 2.57. The quantitative estimate of drug-likeness (QED) is 0.321. The molecule has 6 heteroatoms. The summed E-state index contributed by atoms with van der Waals surface area (Å²) < 4.78 is 30.0. The second kappa shape index (κ2) is 7.60. The predicted octanol–water partition coefficient (Wildman–Crippen LogP) is 6.69. The second-order valence-electron chi connectivity index (χ2n) is 8.97. The number of fused-ring (bicyclic) bond motifs is 2. The van der Waals surface area contributed by atoms with Gasteiger partial charge in [-0.25, -0.2) is 8.42 Å². The van der Waals surface area contributed by atoms with Gasteiger partial charge in [-0.2, -0.15) is 0 Å². The van der Waals surface area contributed by atoms with Crippen molar-refractivity contribution in [3.8, 4) is 0 Å². The molecule has 1 aliphatic carbocycles. The molecule has 3 aliphatic rings. The van der Waals surface area contributed by atoms with Crippen molar-refractivity contribution in [3.05, 3.63) is 138 Å². The lowest BCUT2D eigenvalue weighted by atomic mass is 10.2. The van der Waals surface area contributed by atoms with Crippen LogP contribution in [0.15, 0.2) is 138 Å². The molecule has 4 aromatic carbocycles. The largest absolute Gasteiger partial charge is 0.316 e. The number of nitrogens with zero attached hydrogens (tertiary/aromatic N) is 3. The van der Waals surface area contributed by atoms with E-state index in [0.717, 1.165) is 34.1 Å². The van der Waals surface area contributed by atoms with Crippen molar-refractivity contribution in [1.82, 2.24) is 0 Å². The average Bonchev–Trinajstić information content (AvgIpc) is 3.57. The first-order valence-electron chi connectivity index (χ1n) is 12.0. The van der Waals surface area contributed by atoms with E-state index in [1.54, 1.807) is 0 Å². The SMILES string of the molecule is O=S1(=O)C2=CCC=C2N(c2ccccc2)C12N(c1ccccc1)c1ccccc1N2c1ccccc1. The fraction of sp³-hybridized carbons (Fsp3) is 0.0667. The summed E-state index contributed by atoms with van der Waals surface area (Å²) in [6.45, 7) is 0. The summed E-state index contributed by atoms with van der Waals surface area (Å²) in [5.41, 5.74) is 4.79. The first kappa shape index (κ1) is 21.0. The Morgan fingerprint density at radius 2 is 0.944 bits per heavy atom. The van der Waals surface area contributed by atoms with Crippen molar-refractivity contribution >= 4 is 38.3 Å². The predicted molar refractivity (Wildman–Crippen MR) is 145 cm³/mol. The van der Waals surface area contributed by atoms with Crippen LogP contribution < -0.4 is 14.7 Å². The highest BCUT2D eigenvalue weighted by Gasteiger charge is 2.71. The van der Waals surface area contributed by atoms with Gasteiger partial charge in [-0.1, -0.05) is 78.9 Å². The Balaban J connectivity index is 1.66. The van der Waals surface area contributed by atoms with Gasteiger partial charge < -0.3 is 0 Å². The van der Waals surface area contributed by atoms with Crippen LogP contribution in [0.1, 0.15) is 6.42 Å². The van der Waals surface area contributed by atoms with Gasteiger partial charge in [0.25, 0.3) is 0 Å². The molecule has 2 heterocycles. The molecule has 1 spiro atoms. The van der Waals surface area contributed by atoms with Crippen LogP contribution in [0.5, 0.6) is 0 Å². The Kier molecular flexibility index (Phi) is 4.44. The molecule has 7 rings (SSSR count). The lowest BCUT2D eigenvalue weighted by Crippen LogP contribution is -2.66. The van der Waals surface area contributed by atoms with Gasteiger partial charge in [-0.05, 0) is 55.0 Å². The van der Waals surface area contributed by atoms with E-state index >= 15 is 0 Å². The first-order chi connectivity index (χ1) is 17.7. The van der Waals surface area contributed by atoms with Gasteiger partial charge in [0.2, 0.25) is 9.84 Å². The number of sulfone groups is 1. The van der Waals surface area contributed by atoms with Gasteiger partial charge in [0.05, 0.1) is 22.0 Å². The average molecular weight is 490 g/mol. The molecule has 0 bridgehead atoms. The van der Waals surface area contributed by atoms with Gasteiger partial charge in [0, 0.05) is 17.1 Å². The number of anilines is 5. The van der Waals surface area contributed by atoms with E-state index in [1.807, 2.05) is 142 Å². The van der Waals surface area contributed by atoms with Gasteiger partial charge in [-0.15, -0.1) is 0 Å². The van der Waals surface area contributed by atoms with Gasteiger partial charge >= 0.3 is 5.12 Å². The monoisotopic (exact) mass is 489 g/mol. The van der Waals surface area contributed by atoms with Crippen LogP contribution in [-0.2, 0) is 9.84 Å². The summed E-state index contributed by atoms with van der Waals surface area (Å²) in [6, 6.07) is 37.3. The zero-order valence-corrected chi connectivity index (χ0v) is 20.2. The Hall–Kier alpha value is -4.29. The van der Waals surface area contributed by atoms with E-state index in [-0.39, 0.29) is 0 Å². The molecule has 1 fully saturated rings. The van der Waals surface area contributed by atoms with Crippen molar-refractivity contribution in [3.63, 3.8) is 0 Å². The molecule has 0 atom stereocenters. The molecule has 0 unspecified atom stereocenters. The van der Waals surface area contributed by atoms with Crippen molar-refractivity contribution in [2.24, 2.45) is 0 Å². The molecule has 0 saturated carbocycles. The number of benzene rings is 4. The molecule has 0 amide bonds. The molecule has 0 N–H and O–H groups in total. The van der Waals surface area contributed by atoms with Crippen molar-refractivity contribution in [2.75, 3.05) is 14.7 Å². The smallest absolute Gasteiger partial charge is 0.286 e. The normalized spacial score (nSPS) is 18.7. The van der Waals surface area contributed by atoms with Crippen molar-refractivity contribution < 1.29 is 8.42 Å². The van der Waals surface area contributed by atoms with E-state index in [4.69, 9.17) is 0 Å². The Morgan fingerprint density at radius 3 is 1.42 bits per heavy atom. The fourth-order valence-electron chi connectivity index (χ4n) is 5.71. The van der Waals surface area contributed by atoms with Crippen LogP contribution in [0, 0.1) is 0 Å². The van der Waals surface area contributed by atoms with Gasteiger partial charge in [-0.3, -0.25) is 14.7 Å². The first-order valence-corrected chi connectivity index (χ1v) is 13.4. The zero-order chi connectivity index (χ0) is 24.3. The maximum atomic E-state index is 15.0. The maximum absolute atomic E-state index is 15.0. The molecular formula is C30H23N3O2S. The fourth-order valence-corrected chi connectivity index (χ4v) is 8.10. The van der Waals surface area contributed by atoms with E-state index in [9.17, 15) is 8.42 Å². The molecule has 4 aromatic rings. The lowest BCUT2D eigenvalue weighted by Gasteiger charge is -2.47. The van der Waals surface area contributed by atoms with Crippen LogP contribution >= 0.6 is 0 Å². The van der Waals surface area contributed by atoms with Crippen molar-refractivity contribution in [2.45, 2.75) is 11.5 Å². The summed E-state index contributed by atoms with van der Waals surface area (Å²) >= 11 is 0. The Bertz CT molecular complexity index is 1570. The third-order valence-electron chi connectivity index (χ3n) is 7.04. The highest BCUT2D eigenvalue weighted by atomic mass is 32.2. The van der Waals surface area contributed by atoms with Crippen molar-refractivity contribution in [1.29, 1.82) is 0 Å². The molecule has 5 nitrogen and oxygen atoms in total. The molecule has 0 radical (unpaired) electrons. The van der Waals surface area contributed by atoms with E-state index < -0.39 is 15.0 Å². The summed E-state index contributed by atoms with van der Waals surface area (Å²) in [7, 11) is -3.95. The molecule has 0 aromatic heterocycles. The van der Waals surface area contributed by atoms with Gasteiger partial charge in [0.15, 0.2) is 0 Å². The second-order valence-corrected chi connectivity index (χ2v) is 11.0. The molecule has 36 heavy (non-hydrogen) atoms. The van der Waals surface area contributed by atoms with E-state index in [2.05, 4.69) is 0 Å². The highest BCUT2D eigenvalue weighted by Crippen LogP contribution is 2.62. The molecule has 176 valence electrons. The van der Waals surface area contributed by atoms with Crippen LogP contribution in [-0.4, -0.2) is 13.5 Å². The standard InChI is InChI=1S/C30H23N3O2S/c34-36(35)29-22-12-21-28(29)33(25-17-8-3-9-18-25)30(36)31(23-13-4-1-5-14-23)26-19-10-11-20-27(26)32(30)24-15-6-2-7-16-24/h1-11,13-22H,12H2. The minimum atomic E-state index is -3.95. The summed E-state index contributed by atoms with van der Waals surface area (Å²) in [5, 5.41) is -1.61. The number of hydrogen-bond donors (Lipinski definition) is 0. The Labute approximate surface area is 210 Å². The van der Waals surface area contributed by atoms with Crippen LogP contribution in [0.4, 0.5) is 28.4 Å². The zero-order valence-electron chi connectivity index (χ0n) is 19.4. The number of para-hydroxylation sites is 5. The third-order valence-corrected chi connectivity index (χ3v) is 9.26. The highest BCUT2D eigenvalue weighted by molar-refractivity contribution is 7.97. The minimum absolute atomic E-state index is 0.376. The van der Waals surface area contributed by atoms with Crippen LogP contribution in [0.3, 0.4) is 0 Å². The lowest BCUT2D eigenvalue weighted by molar-refractivity contribution is 0.539. The van der Waals surface area contributed by atoms with Crippen LogP contribution in [0.2, 0.25) is 0 Å². The summed E-state index contributed by atoms with van der Waals surface area (Å²) in [5.74, 6) is 0. The van der Waals surface area contributed by atoms with Crippen LogP contribution in [0.25, 0.3) is 0 Å². The summed E-state index contributed by atoms with van der Waals surface area (Å²) in [4.78, 5) is 6.34. The minimum Gasteiger partial charge on any atom is -0.286 e. The van der Waals surface area contributed by atoms with E-state index in [1.165, 1.54) is 0 Å². The number of hydrogen-bond acceptors (Lipinski definition) is 5. The topological polar surface area (TPSA) is 43.9 Å². The molecule has 1 saturated heterocycles. The molecular weight excluding hydrogens is 466 g/mol. The number of allylic oxidation sites excluding steroid dienone is 2. The van der Waals surface area contributed by atoms with Gasteiger partial charge in [0.1, 0.15) is 0 Å². The van der Waals surface area contributed by atoms with E-state index in [0.29, 0.717) is 11.3 Å². The maximum Gasteiger partial charge on any atom is 0.316 e. The summed E-state index contributed by atoms with van der Waals surface area (Å²) in [6.07, 6.45) is 4.45. The number of rotatable bonds is 3. The molecule has 2 aliphatic heterocycles.